The number of nitrogens with one attached hydrogen (secondary N) is 1. The highest BCUT2D eigenvalue weighted by Gasteiger charge is 2.41. The Kier molecular flexibility index (Phi) is 3.93. The molecule has 1 atom stereocenters. The number of hydrogen-bond donors (Lipinski definition) is 1. The average molecular weight is 300 g/mol. The van der Waals surface area contributed by atoms with E-state index >= 15 is 0 Å². The van der Waals surface area contributed by atoms with Gasteiger partial charge in [-0.15, -0.1) is 0 Å². The number of carbonyl (C=O) groups is 1. The van der Waals surface area contributed by atoms with Gasteiger partial charge in [0.25, 0.3) is 0 Å². The quantitative estimate of drug-likeness (QED) is 0.858. The van der Waals surface area contributed by atoms with Crippen molar-refractivity contribution < 1.29 is 17.9 Å². The van der Waals surface area contributed by atoms with Gasteiger partial charge in [-0.1, -0.05) is 0 Å². The molecule has 2 heterocycles. The Hall–Kier alpha value is -1.34. The van der Waals surface area contributed by atoms with Crippen LogP contribution in [0.1, 0.15) is 33.6 Å². The van der Waals surface area contributed by atoms with Crippen LogP contribution in [0.25, 0.3) is 0 Å². The second-order valence-corrected chi connectivity index (χ2v) is 7.74. The highest BCUT2D eigenvalue weighted by atomic mass is 32.2. The molecule has 7 heteroatoms. The van der Waals surface area contributed by atoms with E-state index in [1.807, 2.05) is 0 Å². The Bertz CT molecular complexity index is 572. The average Bonchev–Trinajstić information content (AvgIpc) is 2.99. The van der Waals surface area contributed by atoms with Gasteiger partial charge in [0.1, 0.15) is 11.6 Å². The lowest BCUT2D eigenvalue weighted by Crippen LogP contribution is -2.43. The lowest BCUT2D eigenvalue weighted by Gasteiger charge is -2.26. The Labute approximate surface area is 119 Å². The maximum atomic E-state index is 12.5. The lowest BCUT2D eigenvalue weighted by atomic mass is 10.2. The van der Waals surface area contributed by atoms with Crippen molar-refractivity contribution in [3.05, 3.63) is 18.5 Å². The third-order valence-electron chi connectivity index (χ3n) is 3.06. The van der Waals surface area contributed by atoms with Crippen LogP contribution in [0.5, 0.6) is 0 Å². The molecule has 1 saturated heterocycles. The fraction of sp³-hybridized carbons (Fsp3) is 0.615. The number of nitrogens with zero attached hydrogens (tertiary/aromatic N) is 1. The maximum Gasteiger partial charge on any atom is 0.324 e. The topological polar surface area (TPSA) is 79.5 Å². The largest absolute Gasteiger partial charge is 0.459 e. The molecule has 0 unspecified atom stereocenters. The van der Waals surface area contributed by atoms with Gasteiger partial charge in [0.15, 0.2) is 0 Å². The van der Waals surface area contributed by atoms with Crippen LogP contribution in [-0.4, -0.2) is 41.9 Å². The van der Waals surface area contributed by atoms with Crippen LogP contribution in [0.15, 0.2) is 23.4 Å². The Balaban J connectivity index is 2.22. The minimum atomic E-state index is -3.64. The highest BCUT2D eigenvalue weighted by Crippen LogP contribution is 2.27. The van der Waals surface area contributed by atoms with E-state index in [-0.39, 0.29) is 4.90 Å². The molecule has 112 valence electrons. The van der Waals surface area contributed by atoms with E-state index in [2.05, 4.69) is 4.98 Å². The van der Waals surface area contributed by atoms with Crippen molar-refractivity contribution >= 4 is 16.0 Å². The molecule has 6 nitrogen and oxygen atoms in total. The number of ether oxygens (including phenoxy) is 1. The number of aromatic nitrogens is 1. The van der Waals surface area contributed by atoms with Gasteiger partial charge in [-0.25, -0.2) is 8.42 Å². The first-order valence-electron chi connectivity index (χ1n) is 6.59. The maximum absolute atomic E-state index is 12.5. The van der Waals surface area contributed by atoms with Crippen LogP contribution in [0.4, 0.5) is 0 Å². The molecular weight excluding hydrogens is 280 g/mol. The minimum Gasteiger partial charge on any atom is -0.459 e. The molecule has 0 spiro atoms. The van der Waals surface area contributed by atoms with Crippen molar-refractivity contribution in [3.8, 4) is 0 Å². The first kappa shape index (κ1) is 15.1. The van der Waals surface area contributed by atoms with Crippen molar-refractivity contribution in [2.75, 3.05) is 6.54 Å². The molecule has 1 aliphatic heterocycles. The Morgan fingerprint density at radius 3 is 2.70 bits per heavy atom. The number of sulfonamides is 1. The summed E-state index contributed by atoms with van der Waals surface area (Å²) in [6.45, 7) is 5.65. The van der Waals surface area contributed by atoms with E-state index in [0.717, 1.165) is 0 Å². The summed E-state index contributed by atoms with van der Waals surface area (Å²) in [5.41, 5.74) is -0.622. The van der Waals surface area contributed by atoms with E-state index < -0.39 is 27.6 Å². The molecule has 1 N–H and O–H groups in total. The number of hydrogen-bond acceptors (Lipinski definition) is 4. The third-order valence-corrected chi connectivity index (χ3v) is 4.96. The van der Waals surface area contributed by atoms with Gasteiger partial charge >= 0.3 is 5.97 Å². The van der Waals surface area contributed by atoms with E-state index in [0.29, 0.717) is 19.4 Å². The zero-order valence-corrected chi connectivity index (χ0v) is 12.7. The summed E-state index contributed by atoms with van der Waals surface area (Å²) >= 11 is 0. The van der Waals surface area contributed by atoms with E-state index in [1.165, 1.54) is 16.6 Å². The summed E-state index contributed by atoms with van der Waals surface area (Å²) in [6, 6.07) is 0.758. The standard InChI is InChI=1S/C13H20N2O4S/c1-13(2,3)19-12(16)11-5-4-8-15(11)20(17,18)10-6-7-14-9-10/h6-7,9,11,14H,4-5,8H2,1-3H3/t11-/m0/s1. The second-order valence-electron chi connectivity index (χ2n) is 5.85. The molecule has 0 aliphatic carbocycles. The summed E-state index contributed by atoms with van der Waals surface area (Å²) in [7, 11) is -3.64. The predicted molar refractivity (Wildman–Crippen MR) is 73.6 cm³/mol. The summed E-state index contributed by atoms with van der Waals surface area (Å²) in [5, 5.41) is 0. The zero-order valence-electron chi connectivity index (χ0n) is 11.9. The van der Waals surface area contributed by atoms with Crippen LogP contribution in [-0.2, 0) is 19.6 Å². The van der Waals surface area contributed by atoms with Crippen LogP contribution < -0.4 is 0 Å². The molecule has 0 saturated carbocycles. The summed E-state index contributed by atoms with van der Waals surface area (Å²) in [6.07, 6.45) is 4.12. The van der Waals surface area contributed by atoms with Crippen LogP contribution in [0, 0.1) is 0 Å². The normalized spacial score (nSPS) is 21.1. The van der Waals surface area contributed by atoms with Gasteiger partial charge in [0.2, 0.25) is 10.0 Å². The smallest absolute Gasteiger partial charge is 0.324 e. The molecule has 1 aliphatic rings. The van der Waals surface area contributed by atoms with Crippen molar-refractivity contribution in [3.63, 3.8) is 0 Å². The van der Waals surface area contributed by atoms with E-state index in [9.17, 15) is 13.2 Å². The number of esters is 1. The summed E-state index contributed by atoms with van der Waals surface area (Å²) in [5.74, 6) is -0.478. The van der Waals surface area contributed by atoms with Gasteiger partial charge in [-0.05, 0) is 39.7 Å². The molecule has 1 fully saturated rings. The Morgan fingerprint density at radius 2 is 2.15 bits per heavy atom. The van der Waals surface area contributed by atoms with Gasteiger partial charge in [0.05, 0.1) is 4.90 Å². The zero-order chi connectivity index (χ0) is 15.0. The first-order chi connectivity index (χ1) is 9.22. The summed E-state index contributed by atoms with van der Waals surface area (Å²) in [4.78, 5) is 15.0. The third kappa shape index (κ3) is 3.04. The number of rotatable bonds is 3. The van der Waals surface area contributed by atoms with Crippen molar-refractivity contribution in [2.24, 2.45) is 0 Å². The molecule has 20 heavy (non-hydrogen) atoms. The molecule has 0 radical (unpaired) electrons. The monoisotopic (exact) mass is 300 g/mol. The molecule has 1 aromatic heterocycles. The highest BCUT2D eigenvalue weighted by molar-refractivity contribution is 7.89. The van der Waals surface area contributed by atoms with Crippen molar-refractivity contribution in [2.45, 2.75) is 50.2 Å². The molecule has 1 aromatic rings. The van der Waals surface area contributed by atoms with Crippen LogP contribution in [0.2, 0.25) is 0 Å². The first-order valence-corrected chi connectivity index (χ1v) is 8.03. The van der Waals surface area contributed by atoms with Crippen molar-refractivity contribution in [1.29, 1.82) is 0 Å². The van der Waals surface area contributed by atoms with E-state index in [1.54, 1.807) is 27.0 Å². The van der Waals surface area contributed by atoms with Crippen LogP contribution in [0.3, 0.4) is 0 Å². The lowest BCUT2D eigenvalue weighted by molar-refractivity contribution is -0.158. The second kappa shape index (κ2) is 5.21. The molecule has 0 aromatic carbocycles. The van der Waals surface area contributed by atoms with Crippen LogP contribution >= 0.6 is 0 Å². The van der Waals surface area contributed by atoms with Gasteiger partial charge in [0, 0.05) is 18.9 Å². The fourth-order valence-corrected chi connectivity index (χ4v) is 3.86. The van der Waals surface area contributed by atoms with Crippen molar-refractivity contribution in [1.82, 2.24) is 9.29 Å². The number of aromatic amines is 1. The molecule has 0 bridgehead atoms. The number of H-pyrrole nitrogens is 1. The SMILES string of the molecule is CC(C)(C)OC(=O)[C@@H]1CCCN1S(=O)(=O)c1cc[nH]c1. The summed E-state index contributed by atoms with van der Waals surface area (Å²) < 4.78 is 31.5. The van der Waals surface area contributed by atoms with Gasteiger partial charge < -0.3 is 9.72 Å². The molecular formula is C13H20N2O4S. The molecule has 2 rings (SSSR count). The molecule has 0 amide bonds. The van der Waals surface area contributed by atoms with Gasteiger partial charge in [-0.2, -0.15) is 4.31 Å². The number of carbonyl (C=O) groups excluding carboxylic acids is 1. The Morgan fingerprint density at radius 1 is 1.45 bits per heavy atom. The predicted octanol–water partition coefficient (Wildman–Crippen LogP) is 1.51. The van der Waals surface area contributed by atoms with Gasteiger partial charge in [-0.3, -0.25) is 4.79 Å². The minimum absolute atomic E-state index is 0.174. The fourth-order valence-electron chi connectivity index (χ4n) is 2.24. The van der Waals surface area contributed by atoms with E-state index in [4.69, 9.17) is 4.74 Å².